The number of para-hydroxylation sites is 1. The minimum Gasteiger partial charge on any atom is -0.463 e. The molecule has 0 bridgehead atoms. The SMILES string of the molecule is O=C(C[C@H]1CC=CC[C@@H](Cc2ccccc2)C(=O)OC[C@H](Cc2c[nH]c3ccccc23)NC1=O)N[C@@H](CO)Cc1ccccc1. The van der Waals surface area contributed by atoms with Gasteiger partial charge in [-0.15, -0.1) is 0 Å². The molecule has 4 N–H and O–H groups in total. The number of cyclic esters (lactones) is 1. The Labute approximate surface area is 263 Å². The highest BCUT2D eigenvalue weighted by Gasteiger charge is 2.28. The molecule has 1 aliphatic heterocycles. The minimum absolute atomic E-state index is 0.0155. The molecule has 0 radical (unpaired) electrons. The summed E-state index contributed by atoms with van der Waals surface area (Å²) in [5, 5.41) is 17.0. The van der Waals surface area contributed by atoms with Gasteiger partial charge in [0.2, 0.25) is 11.8 Å². The number of aliphatic hydroxyl groups excluding tert-OH is 1. The zero-order valence-electron chi connectivity index (χ0n) is 25.4. The van der Waals surface area contributed by atoms with Crippen molar-refractivity contribution in [1.82, 2.24) is 15.6 Å². The zero-order chi connectivity index (χ0) is 31.4. The predicted molar refractivity (Wildman–Crippen MR) is 174 cm³/mol. The normalized spacial score (nSPS) is 20.0. The van der Waals surface area contributed by atoms with E-state index in [0.29, 0.717) is 32.1 Å². The number of carbonyl (C=O) groups excluding carboxylic acids is 3. The van der Waals surface area contributed by atoms with Crippen LogP contribution in [-0.2, 0) is 38.4 Å². The van der Waals surface area contributed by atoms with Gasteiger partial charge in [0.25, 0.3) is 0 Å². The largest absolute Gasteiger partial charge is 0.463 e. The van der Waals surface area contributed by atoms with Crippen LogP contribution in [0.1, 0.15) is 36.0 Å². The number of ether oxygens (including phenoxy) is 1. The third-order valence-corrected chi connectivity index (χ3v) is 8.29. The molecule has 4 atom stereocenters. The van der Waals surface area contributed by atoms with Crippen molar-refractivity contribution < 1.29 is 24.2 Å². The van der Waals surface area contributed by atoms with Crippen molar-refractivity contribution in [3.8, 4) is 0 Å². The molecular weight excluding hydrogens is 566 g/mol. The number of aromatic nitrogens is 1. The fourth-order valence-corrected chi connectivity index (χ4v) is 5.87. The number of amides is 2. The Bertz CT molecular complexity index is 1580. The number of carbonyl (C=O) groups is 3. The molecule has 0 spiro atoms. The van der Waals surface area contributed by atoms with Crippen LogP contribution < -0.4 is 10.6 Å². The van der Waals surface area contributed by atoms with E-state index in [0.717, 1.165) is 27.6 Å². The van der Waals surface area contributed by atoms with E-state index in [1.807, 2.05) is 103 Å². The molecule has 8 nitrogen and oxygen atoms in total. The molecule has 5 rings (SSSR count). The maximum Gasteiger partial charge on any atom is 0.309 e. The molecule has 0 saturated heterocycles. The van der Waals surface area contributed by atoms with Gasteiger partial charge in [0.1, 0.15) is 6.61 Å². The van der Waals surface area contributed by atoms with Crippen molar-refractivity contribution in [2.45, 2.75) is 50.6 Å². The number of hydrogen-bond donors (Lipinski definition) is 4. The molecule has 0 aliphatic carbocycles. The summed E-state index contributed by atoms with van der Waals surface area (Å²) in [6.45, 7) is -0.195. The van der Waals surface area contributed by atoms with Gasteiger partial charge in [-0.3, -0.25) is 14.4 Å². The lowest BCUT2D eigenvalue weighted by Crippen LogP contribution is -2.46. The summed E-state index contributed by atoms with van der Waals surface area (Å²) in [6.07, 6.45) is 7.96. The van der Waals surface area contributed by atoms with Crippen LogP contribution in [0.25, 0.3) is 10.9 Å². The number of nitrogens with one attached hydrogen (secondary N) is 3. The Morgan fingerprint density at radius 1 is 0.867 bits per heavy atom. The van der Waals surface area contributed by atoms with E-state index < -0.39 is 18.0 Å². The molecule has 0 saturated carbocycles. The zero-order valence-corrected chi connectivity index (χ0v) is 25.4. The van der Waals surface area contributed by atoms with Gasteiger partial charge in [-0.2, -0.15) is 0 Å². The predicted octanol–water partition coefficient (Wildman–Crippen LogP) is 4.67. The fraction of sp³-hybridized carbons (Fsp3) is 0.324. The summed E-state index contributed by atoms with van der Waals surface area (Å²) in [7, 11) is 0. The molecule has 1 aromatic heterocycles. The summed E-state index contributed by atoms with van der Waals surface area (Å²) in [4.78, 5) is 43.4. The molecule has 0 fully saturated rings. The van der Waals surface area contributed by atoms with E-state index in [1.54, 1.807) is 0 Å². The van der Waals surface area contributed by atoms with Crippen molar-refractivity contribution in [2.75, 3.05) is 13.2 Å². The number of H-pyrrole nitrogens is 1. The Morgan fingerprint density at radius 3 is 2.27 bits per heavy atom. The van der Waals surface area contributed by atoms with Crippen LogP contribution in [0.4, 0.5) is 0 Å². The number of hydrogen-bond acceptors (Lipinski definition) is 5. The topological polar surface area (TPSA) is 121 Å². The molecular formula is C37H41N3O5. The van der Waals surface area contributed by atoms with Crippen LogP contribution >= 0.6 is 0 Å². The van der Waals surface area contributed by atoms with Crippen molar-refractivity contribution in [3.63, 3.8) is 0 Å². The summed E-state index contributed by atoms with van der Waals surface area (Å²) in [5.74, 6) is -1.89. The quantitative estimate of drug-likeness (QED) is 0.154. The Balaban J connectivity index is 1.33. The third-order valence-electron chi connectivity index (χ3n) is 8.29. The highest BCUT2D eigenvalue weighted by atomic mass is 16.5. The van der Waals surface area contributed by atoms with E-state index in [2.05, 4.69) is 15.6 Å². The second-order valence-corrected chi connectivity index (χ2v) is 11.8. The molecule has 234 valence electrons. The van der Waals surface area contributed by atoms with E-state index in [-0.39, 0.29) is 43.3 Å². The molecule has 4 aromatic rings. The number of aromatic amines is 1. The average Bonchev–Trinajstić information content (AvgIpc) is 3.47. The maximum atomic E-state index is 13.7. The van der Waals surface area contributed by atoms with Gasteiger partial charge in [0.05, 0.1) is 30.5 Å². The number of fused-ring (bicyclic) bond motifs is 1. The van der Waals surface area contributed by atoms with Gasteiger partial charge in [0.15, 0.2) is 0 Å². The lowest BCUT2D eigenvalue weighted by molar-refractivity contribution is -0.150. The first-order valence-corrected chi connectivity index (χ1v) is 15.6. The average molecular weight is 608 g/mol. The van der Waals surface area contributed by atoms with Crippen molar-refractivity contribution in [2.24, 2.45) is 11.8 Å². The molecule has 2 amide bonds. The summed E-state index contributed by atoms with van der Waals surface area (Å²) < 4.78 is 5.86. The summed E-state index contributed by atoms with van der Waals surface area (Å²) >= 11 is 0. The lowest BCUT2D eigenvalue weighted by atomic mass is 9.94. The molecule has 2 heterocycles. The van der Waals surface area contributed by atoms with Crippen molar-refractivity contribution in [3.05, 3.63) is 120 Å². The second-order valence-electron chi connectivity index (χ2n) is 11.8. The van der Waals surface area contributed by atoms with Gasteiger partial charge < -0.3 is 25.5 Å². The van der Waals surface area contributed by atoms with E-state index in [1.165, 1.54) is 0 Å². The third kappa shape index (κ3) is 9.16. The van der Waals surface area contributed by atoms with Gasteiger partial charge >= 0.3 is 5.97 Å². The Kier molecular flexibility index (Phi) is 11.2. The number of aliphatic hydroxyl groups is 1. The van der Waals surface area contributed by atoms with E-state index >= 15 is 0 Å². The van der Waals surface area contributed by atoms with Crippen molar-refractivity contribution in [1.29, 1.82) is 0 Å². The minimum atomic E-state index is -0.634. The molecule has 45 heavy (non-hydrogen) atoms. The molecule has 8 heteroatoms. The van der Waals surface area contributed by atoms with Crippen LogP contribution in [0.5, 0.6) is 0 Å². The number of esters is 1. The molecule has 1 aliphatic rings. The monoisotopic (exact) mass is 607 g/mol. The highest BCUT2D eigenvalue weighted by molar-refractivity contribution is 5.87. The summed E-state index contributed by atoms with van der Waals surface area (Å²) in [6, 6.07) is 26.5. The number of allylic oxidation sites excluding steroid dienone is 2. The summed E-state index contributed by atoms with van der Waals surface area (Å²) in [5.41, 5.74) is 4.04. The van der Waals surface area contributed by atoms with Crippen LogP contribution in [0.3, 0.4) is 0 Å². The van der Waals surface area contributed by atoms with Gasteiger partial charge in [-0.1, -0.05) is 91.0 Å². The van der Waals surface area contributed by atoms with Gasteiger partial charge in [-0.25, -0.2) is 0 Å². The number of rotatable bonds is 10. The standard InChI is InChI=1S/C37H41N3O5/c41-24-31(20-27-13-5-2-6-14-27)39-35(42)22-28-15-7-8-16-29(19-26-11-3-1-4-12-26)37(44)45-25-32(40-36(28)43)21-30-23-38-34-18-10-9-17-33(30)34/h1-14,17-18,23,28-29,31-32,38,41H,15-16,19-22,24-25H2,(H,39,42)(H,40,43)/t28-,29+,31-,32+/m1/s1. The van der Waals surface area contributed by atoms with Crippen LogP contribution in [0, 0.1) is 11.8 Å². The van der Waals surface area contributed by atoms with Crippen LogP contribution in [0.2, 0.25) is 0 Å². The number of benzene rings is 3. The fourth-order valence-electron chi connectivity index (χ4n) is 5.87. The first-order valence-electron chi connectivity index (χ1n) is 15.6. The van der Waals surface area contributed by atoms with Crippen molar-refractivity contribution >= 4 is 28.7 Å². The Morgan fingerprint density at radius 2 is 1.53 bits per heavy atom. The van der Waals surface area contributed by atoms with Gasteiger partial charge in [0, 0.05) is 23.5 Å². The molecule has 0 unspecified atom stereocenters. The first-order chi connectivity index (χ1) is 22.0. The smallest absolute Gasteiger partial charge is 0.309 e. The first kappa shape index (κ1) is 31.7. The maximum absolute atomic E-state index is 13.7. The highest BCUT2D eigenvalue weighted by Crippen LogP contribution is 2.22. The van der Waals surface area contributed by atoms with Crippen LogP contribution in [0.15, 0.2) is 103 Å². The van der Waals surface area contributed by atoms with E-state index in [9.17, 15) is 19.5 Å². The second kappa shape index (κ2) is 15.9. The van der Waals surface area contributed by atoms with E-state index in [4.69, 9.17) is 4.74 Å². The van der Waals surface area contributed by atoms with Gasteiger partial charge in [-0.05, 0) is 54.9 Å². The molecule has 3 aromatic carbocycles. The lowest BCUT2D eigenvalue weighted by Gasteiger charge is -2.25. The Hall–Kier alpha value is -4.69. The van der Waals surface area contributed by atoms with Crippen LogP contribution in [-0.4, -0.2) is 53.2 Å².